The first-order valence-electron chi connectivity index (χ1n) is 7.88. The summed E-state index contributed by atoms with van der Waals surface area (Å²) >= 11 is 0. The van der Waals surface area contributed by atoms with Gasteiger partial charge in [-0.3, -0.25) is 0 Å². The molecule has 1 aromatic rings. The van der Waals surface area contributed by atoms with Crippen molar-refractivity contribution in [3.05, 3.63) is 29.8 Å². The van der Waals surface area contributed by atoms with Crippen LogP contribution in [0, 0.1) is 5.92 Å². The van der Waals surface area contributed by atoms with Crippen LogP contribution in [-0.4, -0.2) is 45.2 Å². The predicted octanol–water partition coefficient (Wildman–Crippen LogP) is 2.57. The second kappa shape index (κ2) is 7.65. The number of hydrogen-bond acceptors (Lipinski definition) is 3. The zero-order valence-electron chi connectivity index (χ0n) is 13.2. The van der Waals surface area contributed by atoms with Gasteiger partial charge in [0.15, 0.2) is 0 Å². The fourth-order valence-electron chi connectivity index (χ4n) is 2.95. The molecule has 0 bridgehead atoms. The smallest absolute Gasteiger partial charge is 0.0363 e. The van der Waals surface area contributed by atoms with Gasteiger partial charge in [-0.15, -0.1) is 0 Å². The third kappa shape index (κ3) is 4.50. The molecule has 2 rings (SSSR count). The van der Waals surface area contributed by atoms with Crippen molar-refractivity contribution < 1.29 is 0 Å². The van der Waals surface area contributed by atoms with E-state index in [1.54, 1.807) is 0 Å². The van der Waals surface area contributed by atoms with E-state index in [9.17, 15) is 0 Å². The van der Waals surface area contributed by atoms with Gasteiger partial charge >= 0.3 is 0 Å². The lowest BCUT2D eigenvalue weighted by Gasteiger charge is -2.23. The van der Waals surface area contributed by atoms with Crippen molar-refractivity contribution in [3.63, 3.8) is 0 Å². The normalized spacial score (nSPS) is 19.4. The van der Waals surface area contributed by atoms with Gasteiger partial charge in [-0.25, -0.2) is 0 Å². The van der Waals surface area contributed by atoms with Crippen LogP contribution < -0.4 is 10.2 Å². The molecule has 0 aromatic heterocycles. The molecule has 0 aliphatic carbocycles. The minimum absolute atomic E-state index is 0.816. The summed E-state index contributed by atoms with van der Waals surface area (Å²) in [6.07, 6.45) is 2.52. The molecule has 0 radical (unpaired) electrons. The first-order valence-corrected chi connectivity index (χ1v) is 7.88. The SMILES string of the molecule is CCCNCc1ccc(N(C)CC2CCN(C)C2)cc1. The van der Waals surface area contributed by atoms with Gasteiger partial charge in [0.05, 0.1) is 0 Å². The molecule has 0 saturated carbocycles. The van der Waals surface area contributed by atoms with Crippen LogP contribution in [0.2, 0.25) is 0 Å². The van der Waals surface area contributed by atoms with E-state index in [-0.39, 0.29) is 0 Å². The summed E-state index contributed by atoms with van der Waals surface area (Å²) in [4.78, 5) is 4.83. The van der Waals surface area contributed by atoms with E-state index in [2.05, 4.69) is 60.4 Å². The minimum atomic E-state index is 0.816. The molecule has 0 spiro atoms. The monoisotopic (exact) mass is 275 g/mol. The lowest BCUT2D eigenvalue weighted by Crippen LogP contribution is -2.27. The Hall–Kier alpha value is -1.06. The van der Waals surface area contributed by atoms with E-state index >= 15 is 0 Å². The number of benzene rings is 1. The molecule has 112 valence electrons. The summed E-state index contributed by atoms with van der Waals surface area (Å²) in [5, 5.41) is 3.44. The molecule has 1 saturated heterocycles. The van der Waals surface area contributed by atoms with E-state index in [1.165, 1.54) is 37.2 Å². The van der Waals surface area contributed by atoms with Crippen LogP contribution in [0.3, 0.4) is 0 Å². The van der Waals surface area contributed by atoms with Crippen molar-refractivity contribution in [3.8, 4) is 0 Å². The predicted molar refractivity (Wildman–Crippen MR) is 87.3 cm³/mol. The summed E-state index contributed by atoms with van der Waals surface area (Å²) in [5.74, 6) is 0.816. The molecular formula is C17H29N3. The highest BCUT2D eigenvalue weighted by molar-refractivity contribution is 5.46. The van der Waals surface area contributed by atoms with Gasteiger partial charge in [0.2, 0.25) is 0 Å². The van der Waals surface area contributed by atoms with Crippen LogP contribution >= 0.6 is 0 Å². The van der Waals surface area contributed by atoms with E-state index in [1.807, 2.05) is 0 Å². The number of anilines is 1. The van der Waals surface area contributed by atoms with Crippen molar-refractivity contribution in [2.24, 2.45) is 5.92 Å². The van der Waals surface area contributed by atoms with Gasteiger partial charge in [0.1, 0.15) is 0 Å². The highest BCUT2D eigenvalue weighted by Crippen LogP contribution is 2.20. The number of hydrogen-bond donors (Lipinski definition) is 1. The minimum Gasteiger partial charge on any atom is -0.374 e. The first kappa shape index (κ1) is 15.3. The second-order valence-electron chi connectivity index (χ2n) is 6.14. The highest BCUT2D eigenvalue weighted by Gasteiger charge is 2.20. The standard InChI is InChI=1S/C17H29N3/c1-4-10-18-12-15-5-7-17(8-6-15)20(3)14-16-9-11-19(2)13-16/h5-8,16,18H,4,9-14H2,1-3H3. The van der Waals surface area contributed by atoms with Gasteiger partial charge in [-0.05, 0) is 56.6 Å². The Morgan fingerprint density at radius 2 is 2.05 bits per heavy atom. The summed E-state index contributed by atoms with van der Waals surface area (Å²) in [7, 11) is 4.43. The number of nitrogens with one attached hydrogen (secondary N) is 1. The zero-order chi connectivity index (χ0) is 14.4. The van der Waals surface area contributed by atoms with Crippen molar-refractivity contribution in [2.45, 2.75) is 26.3 Å². The molecule has 1 N–H and O–H groups in total. The molecule has 3 nitrogen and oxygen atoms in total. The number of likely N-dealkylation sites (tertiary alicyclic amines) is 1. The van der Waals surface area contributed by atoms with Gasteiger partial charge in [0, 0.05) is 32.4 Å². The lowest BCUT2D eigenvalue weighted by atomic mass is 10.1. The van der Waals surface area contributed by atoms with E-state index in [0.717, 1.165) is 25.6 Å². The van der Waals surface area contributed by atoms with Crippen molar-refractivity contribution in [1.82, 2.24) is 10.2 Å². The third-order valence-corrected chi connectivity index (χ3v) is 4.15. The van der Waals surface area contributed by atoms with Crippen LogP contribution in [0.4, 0.5) is 5.69 Å². The van der Waals surface area contributed by atoms with Crippen molar-refractivity contribution in [2.75, 3.05) is 45.2 Å². The van der Waals surface area contributed by atoms with Gasteiger partial charge in [-0.2, -0.15) is 0 Å². The first-order chi connectivity index (χ1) is 9.69. The Morgan fingerprint density at radius 3 is 2.65 bits per heavy atom. The van der Waals surface area contributed by atoms with E-state index in [4.69, 9.17) is 0 Å². The topological polar surface area (TPSA) is 18.5 Å². The Kier molecular flexibility index (Phi) is 5.86. The molecule has 1 aromatic carbocycles. The molecule has 20 heavy (non-hydrogen) atoms. The summed E-state index contributed by atoms with van der Waals surface area (Å²) in [5.41, 5.74) is 2.70. The maximum absolute atomic E-state index is 3.44. The van der Waals surface area contributed by atoms with E-state index < -0.39 is 0 Å². The van der Waals surface area contributed by atoms with E-state index in [0.29, 0.717) is 0 Å². The second-order valence-corrected chi connectivity index (χ2v) is 6.14. The molecule has 1 fully saturated rings. The molecule has 3 heteroatoms. The molecule has 1 unspecified atom stereocenters. The molecule has 1 aliphatic rings. The van der Waals surface area contributed by atoms with Gasteiger partial charge in [0.25, 0.3) is 0 Å². The Labute approximate surface area is 124 Å². The average Bonchev–Trinajstić information content (AvgIpc) is 2.85. The largest absolute Gasteiger partial charge is 0.374 e. The molecule has 1 heterocycles. The maximum Gasteiger partial charge on any atom is 0.0363 e. The lowest BCUT2D eigenvalue weighted by molar-refractivity contribution is 0.396. The maximum atomic E-state index is 3.44. The molecular weight excluding hydrogens is 246 g/mol. The quantitative estimate of drug-likeness (QED) is 0.772. The van der Waals surface area contributed by atoms with Crippen LogP contribution in [0.15, 0.2) is 24.3 Å². The Bertz CT molecular complexity index is 388. The molecule has 1 atom stereocenters. The van der Waals surface area contributed by atoms with Crippen LogP contribution in [0.25, 0.3) is 0 Å². The Morgan fingerprint density at radius 1 is 1.30 bits per heavy atom. The fraction of sp³-hybridized carbons (Fsp3) is 0.647. The zero-order valence-corrected chi connectivity index (χ0v) is 13.2. The van der Waals surface area contributed by atoms with Crippen molar-refractivity contribution in [1.29, 1.82) is 0 Å². The summed E-state index contributed by atoms with van der Waals surface area (Å²) < 4.78 is 0. The van der Waals surface area contributed by atoms with Crippen LogP contribution in [0.5, 0.6) is 0 Å². The third-order valence-electron chi connectivity index (χ3n) is 4.15. The van der Waals surface area contributed by atoms with Gasteiger partial charge < -0.3 is 15.1 Å². The summed E-state index contributed by atoms with van der Waals surface area (Å²) in [6, 6.07) is 8.99. The number of rotatable bonds is 7. The Balaban J connectivity index is 1.82. The van der Waals surface area contributed by atoms with Crippen molar-refractivity contribution >= 4 is 5.69 Å². The summed E-state index contributed by atoms with van der Waals surface area (Å²) in [6.45, 7) is 7.93. The fourth-order valence-corrected chi connectivity index (χ4v) is 2.95. The number of nitrogens with zero attached hydrogens (tertiary/aromatic N) is 2. The van der Waals surface area contributed by atoms with Gasteiger partial charge in [-0.1, -0.05) is 19.1 Å². The molecule has 1 aliphatic heterocycles. The van der Waals surface area contributed by atoms with Crippen LogP contribution in [0.1, 0.15) is 25.3 Å². The highest BCUT2D eigenvalue weighted by atomic mass is 15.1. The average molecular weight is 275 g/mol. The van der Waals surface area contributed by atoms with Crippen LogP contribution in [-0.2, 0) is 6.54 Å². The molecule has 0 amide bonds.